The van der Waals surface area contributed by atoms with Crippen molar-refractivity contribution in [1.82, 2.24) is 5.32 Å². The summed E-state index contributed by atoms with van der Waals surface area (Å²) in [5.74, 6) is 1.71. The van der Waals surface area contributed by atoms with Crippen molar-refractivity contribution in [2.75, 3.05) is 33.4 Å². The fourth-order valence-corrected chi connectivity index (χ4v) is 1.42. The Morgan fingerprint density at radius 1 is 1.06 bits per heavy atom. The predicted molar refractivity (Wildman–Crippen MR) is 67.7 cm³/mol. The third kappa shape index (κ3) is 6.14. The Morgan fingerprint density at radius 3 is 2.41 bits per heavy atom. The number of rotatable bonds is 9. The number of unbranched alkanes of at least 4 members (excludes halogenated alkanes) is 1. The van der Waals surface area contributed by atoms with Gasteiger partial charge in [0.15, 0.2) is 0 Å². The topological polar surface area (TPSA) is 50.7 Å². The lowest BCUT2D eigenvalue weighted by Crippen LogP contribution is -2.19. The number of aliphatic hydroxyl groups excluding tert-OH is 1. The molecule has 96 valence electrons. The summed E-state index contributed by atoms with van der Waals surface area (Å²) >= 11 is 0. The molecule has 0 aliphatic rings. The highest BCUT2D eigenvalue weighted by atomic mass is 16.5. The van der Waals surface area contributed by atoms with Crippen molar-refractivity contribution in [3.8, 4) is 11.5 Å². The third-order valence-corrected chi connectivity index (χ3v) is 2.36. The van der Waals surface area contributed by atoms with Gasteiger partial charge in [0, 0.05) is 6.54 Å². The zero-order valence-corrected chi connectivity index (χ0v) is 10.3. The van der Waals surface area contributed by atoms with Crippen LogP contribution in [0.5, 0.6) is 11.5 Å². The maximum Gasteiger partial charge on any atom is 0.119 e. The first-order valence-corrected chi connectivity index (χ1v) is 5.95. The molecular formula is C13H21NO3. The van der Waals surface area contributed by atoms with Crippen molar-refractivity contribution in [2.24, 2.45) is 0 Å². The van der Waals surface area contributed by atoms with Gasteiger partial charge in [-0.15, -0.1) is 0 Å². The summed E-state index contributed by atoms with van der Waals surface area (Å²) in [6, 6.07) is 7.59. The first-order chi connectivity index (χ1) is 8.36. The standard InChI is InChI=1S/C13H21NO3/c1-16-12-4-6-13(7-5-12)17-11-3-2-8-14-9-10-15/h4-7,14-15H,2-3,8-11H2,1H3. The number of methoxy groups -OCH3 is 1. The molecule has 0 fully saturated rings. The summed E-state index contributed by atoms with van der Waals surface area (Å²) in [5.41, 5.74) is 0. The van der Waals surface area contributed by atoms with E-state index in [4.69, 9.17) is 14.6 Å². The molecule has 4 nitrogen and oxygen atoms in total. The zero-order chi connectivity index (χ0) is 12.3. The number of aliphatic hydroxyl groups is 1. The van der Waals surface area contributed by atoms with Crippen LogP contribution in [0.1, 0.15) is 12.8 Å². The first kappa shape index (κ1) is 13.8. The number of benzene rings is 1. The van der Waals surface area contributed by atoms with Crippen molar-refractivity contribution in [1.29, 1.82) is 0 Å². The zero-order valence-electron chi connectivity index (χ0n) is 10.3. The van der Waals surface area contributed by atoms with E-state index < -0.39 is 0 Å². The summed E-state index contributed by atoms with van der Waals surface area (Å²) in [6.45, 7) is 2.50. The Labute approximate surface area is 103 Å². The van der Waals surface area contributed by atoms with E-state index in [-0.39, 0.29) is 6.61 Å². The summed E-state index contributed by atoms with van der Waals surface area (Å²) in [6.07, 6.45) is 2.06. The molecule has 0 amide bonds. The quantitative estimate of drug-likeness (QED) is 0.640. The number of hydrogen-bond donors (Lipinski definition) is 2. The average molecular weight is 239 g/mol. The van der Waals surface area contributed by atoms with Crippen LogP contribution in [0, 0.1) is 0 Å². The van der Waals surface area contributed by atoms with Gasteiger partial charge in [0.2, 0.25) is 0 Å². The SMILES string of the molecule is COc1ccc(OCCCCNCCO)cc1. The van der Waals surface area contributed by atoms with E-state index in [0.29, 0.717) is 13.2 Å². The van der Waals surface area contributed by atoms with Crippen molar-refractivity contribution in [3.63, 3.8) is 0 Å². The van der Waals surface area contributed by atoms with E-state index >= 15 is 0 Å². The van der Waals surface area contributed by atoms with Crippen molar-refractivity contribution in [3.05, 3.63) is 24.3 Å². The molecule has 0 aromatic heterocycles. The molecule has 0 saturated carbocycles. The highest BCUT2D eigenvalue weighted by Gasteiger charge is 1.95. The van der Waals surface area contributed by atoms with Gasteiger partial charge < -0.3 is 19.9 Å². The summed E-state index contributed by atoms with van der Waals surface area (Å²) in [4.78, 5) is 0. The van der Waals surface area contributed by atoms with Crippen LogP contribution in [-0.4, -0.2) is 38.5 Å². The number of ether oxygens (including phenoxy) is 2. The maximum atomic E-state index is 8.56. The fourth-order valence-electron chi connectivity index (χ4n) is 1.42. The van der Waals surface area contributed by atoms with Gasteiger partial charge in [-0.05, 0) is 43.7 Å². The Morgan fingerprint density at radius 2 is 1.76 bits per heavy atom. The van der Waals surface area contributed by atoms with Crippen molar-refractivity contribution in [2.45, 2.75) is 12.8 Å². The van der Waals surface area contributed by atoms with Gasteiger partial charge in [0.25, 0.3) is 0 Å². The van der Waals surface area contributed by atoms with Crippen molar-refractivity contribution < 1.29 is 14.6 Å². The Hall–Kier alpha value is -1.26. The lowest BCUT2D eigenvalue weighted by atomic mass is 10.3. The highest BCUT2D eigenvalue weighted by Crippen LogP contribution is 2.17. The normalized spacial score (nSPS) is 10.2. The molecule has 1 aromatic rings. The predicted octanol–water partition coefficient (Wildman–Crippen LogP) is 1.44. The van der Waals surface area contributed by atoms with Crippen LogP contribution in [0.2, 0.25) is 0 Å². The highest BCUT2D eigenvalue weighted by molar-refractivity contribution is 5.31. The molecule has 0 spiro atoms. The van der Waals surface area contributed by atoms with Gasteiger partial charge in [-0.2, -0.15) is 0 Å². The van der Waals surface area contributed by atoms with Crippen LogP contribution in [0.4, 0.5) is 0 Å². The van der Waals surface area contributed by atoms with Crippen LogP contribution in [0.15, 0.2) is 24.3 Å². The van der Waals surface area contributed by atoms with Crippen LogP contribution in [0.3, 0.4) is 0 Å². The van der Waals surface area contributed by atoms with E-state index in [9.17, 15) is 0 Å². The Balaban J connectivity index is 2.05. The van der Waals surface area contributed by atoms with E-state index in [1.54, 1.807) is 7.11 Å². The minimum atomic E-state index is 0.197. The lowest BCUT2D eigenvalue weighted by molar-refractivity contribution is 0.286. The molecule has 0 unspecified atom stereocenters. The molecule has 0 atom stereocenters. The molecule has 0 radical (unpaired) electrons. The minimum Gasteiger partial charge on any atom is -0.497 e. The minimum absolute atomic E-state index is 0.197. The second kappa shape index (κ2) is 8.84. The molecule has 1 rings (SSSR count). The molecule has 0 aliphatic carbocycles. The third-order valence-electron chi connectivity index (χ3n) is 2.36. The molecule has 0 saturated heterocycles. The first-order valence-electron chi connectivity index (χ1n) is 5.95. The maximum absolute atomic E-state index is 8.56. The van der Waals surface area contributed by atoms with Crippen molar-refractivity contribution >= 4 is 0 Å². The van der Waals surface area contributed by atoms with Crippen LogP contribution in [-0.2, 0) is 0 Å². The second-order valence-corrected chi connectivity index (χ2v) is 3.70. The van der Waals surface area contributed by atoms with Gasteiger partial charge in [0.05, 0.1) is 20.3 Å². The van der Waals surface area contributed by atoms with Gasteiger partial charge in [0.1, 0.15) is 11.5 Å². The Kier molecular flexibility index (Phi) is 7.18. The lowest BCUT2D eigenvalue weighted by Gasteiger charge is -2.07. The summed E-state index contributed by atoms with van der Waals surface area (Å²) in [5, 5.41) is 11.7. The summed E-state index contributed by atoms with van der Waals surface area (Å²) in [7, 11) is 1.65. The van der Waals surface area contributed by atoms with Crippen LogP contribution < -0.4 is 14.8 Å². The Bertz CT molecular complexity index is 287. The van der Waals surface area contributed by atoms with Crippen LogP contribution in [0.25, 0.3) is 0 Å². The largest absolute Gasteiger partial charge is 0.497 e. The monoisotopic (exact) mass is 239 g/mol. The molecule has 2 N–H and O–H groups in total. The molecule has 17 heavy (non-hydrogen) atoms. The van der Waals surface area contributed by atoms with E-state index in [1.165, 1.54) is 0 Å². The molecular weight excluding hydrogens is 218 g/mol. The fraction of sp³-hybridized carbons (Fsp3) is 0.538. The van der Waals surface area contributed by atoms with Crippen LogP contribution >= 0.6 is 0 Å². The van der Waals surface area contributed by atoms with Gasteiger partial charge >= 0.3 is 0 Å². The summed E-state index contributed by atoms with van der Waals surface area (Å²) < 4.78 is 10.6. The van der Waals surface area contributed by atoms with Gasteiger partial charge in [-0.25, -0.2) is 0 Å². The molecule has 0 bridgehead atoms. The molecule has 0 heterocycles. The molecule has 4 heteroatoms. The van der Waals surface area contributed by atoms with E-state index in [0.717, 1.165) is 30.9 Å². The average Bonchev–Trinajstić information content (AvgIpc) is 2.38. The number of nitrogens with one attached hydrogen (secondary N) is 1. The van der Waals surface area contributed by atoms with Gasteiger partial charge in [-0.1, -0.05) is 0 Å². The molecule has 1 aromatic carbocycles. The number of hydrogen-bond acceptors (Lipinski definition) is 4. The molecule has 0 aliphatic heterocycles. The van der Waals surface area contributed by atoms with Gasteiger partial charge in [-0.3, -0.25) is 0 Å². The van der Waals surface area contributed by atoms with E-state index in [1.807, 2.05) is 24.3 Å². The smallest absolute Gasteiger partial charge is 0.119 e. The van der Waals surface area contributed by atoms with E-state index in [2.05, 4.69) is 5.32 Å². The second-order valence-electron chi connectivity index (χ2n) is 3.70.